The highest BCUT2D eigenvalue weighted by Crippen LogP contribution is 2.36. The van der Waals surface area contributed by atoms with Gasteiger partial charge in [0.25, 0.3) is 0 Å². The molecule has 1 atom stereocenters. The van der Waals surface area contributed by atoms with Gasteiger partial charge in [0, 0.05) is 18.6 Å². The lowest BCUT2D eigenvalue weighted by Crippen LogP contribution is -2.49. The first-order valence-corrected chi connectivity index (χ1v) is 9.38. The quantitative estimate of drug-likeness (QED) is 0.828. The minimum Gasteiger partial charge on any atom is -0.481 e. The summed E-state index contributed by atoms with van der Waals surface area (Å²) in [5, 5.41) is 12.3. The van der Waals surface area contributed by atoms with Crippen molar-refractivity contribution in [2.24, 2.45) is 11.8 Å². The molecular weight excluding hydrogens is 316 g/mol. The summed E-state index contributed by atoms with van der Waals surface area (Å²) in [6.45, 7) is 2.76. The van der Waals surface area contributed by atoms with Gasteiger partial charge in [-0.2, -0.15) is 0 Å². The Balaban J connectivity index is 1.60. The highest BCUT2D eigenvalue weighted by Gasteiger charge is 2.35. The number of amides is 2. The van der Waals surface area contributed by atoms with Crippen LogP contribution in [-0.4, -0.2) is 34.1 Å². The van der Waals surface area contributed by atoms with Crippen LogP contribution in [0.3, 0.4) is 0 Å². The number of nitrogens with one attached hydrogen (secondary N) is 1. The van der Waals surface area contributed by atoms with Crippen LogP contribution in [0.15, 0.2) is 30.3 Å². The van der Waals surface area contributed by atoms with Gasteiger partial charge in [0.15, 0.2) is 0 Å². The fraction of sp³-hybridized carbons (Fsp3) is 0.600. The third-order valence-corrected chi connectivity index (χ3v) is 5.66. The first-order chi connectivity index (χ1) is 12.0. The number of aliphatic carboxylic acids is 1. The van der Waals surface area contributed by atoms with Crippen LogP contribution in [-0.2, 0) is 11.3 Å². The number of carboxylic acids is 1. The van der Waals surface area contributed by atoms with Crippen molar-refractivity contribution in [3.63, 3.8) is 0 Å². The van der Waals surface area contributed by atoms with Gasteiger partial charge < -0.3 is 15.3 Å². The Hall–Kier alpha value is -2.04. The van der Waals surface area contributed by atoms with Crippen LogP contribution in [0.5, 0.6) is 0 Å². The molecule has 0 radical (unpaired) electrons. The van der Waals surface area contributed by atoms with Crippen LogP contribution in [0.25, 0.3) is 0 Å². The molecule has 0 bridgehead atoms. The Kier molecular flexibility index (Phi) is 5.61. The van der Waals surface area contributed by atoms with Crippen molar-refractivity contribution in [2.45, 2.75) is 64.1 Å². The minimum atomic E-state index is -0.710. The summed E-state index contributed by atoms with van der Waals surface area (Å²) in [5.74, 6) is -0.353. The van der Waals surface area contributed by atoms with Crippen LogP contribution in [0.2, 0.25) is 0 Å². The minimum absolute atomic E-state index is 0.0120. The zero-order valence-electron chi connectivity index (χ0n) is 14.9. The predicted molar refractivity (Wildman–Crippen MR) is 96.1 cm³/mol. The maximum Gasteiger partial charge on any atom is 0.318 e. The molecule has 5 nitrogen and oxygen atoms in total. The fourth-order valence-electron chi connectivity index (χ4n) is 3.76. The number of carbonyl (C=O) groups is 2. The van der Waals surface area contributed by atoms with E-state index < -0.39 is 5.97 Å². The Morgan fingerprint density at radius 1 is 1.12 bits per heavy atom. The monoisotopic (exact) mass is 344 g/mol. The number of nitrogens with zero attached hydrogens (tertiary/aromatic N) is 1. The van der Waals surface area contributed by atoms with E-state index in [1.165, 1.54) is 12.8 Å². The summed E-state index contributed by atoms with van der Waals surface area (Å²) >= 11 is 0. The summed E-state index contributed by atoms with van der Waals surface area (Å²) in [4.78, 5) is 25.9. The summed E-state index contributed by atoms with van der Waals surface area (Å²) in [5.41, 5.74) is 1.14. The predicted octanol–water partition coefficient (Wildman–Crippen LogP) is 3.64. The van der Waals surface area contributed by atoms with Crippen molar-refractivity contribution in [1.82, 2.24) is 10.2 Å². The molecule has 2 fully saturated rings. The molecule has 1 unspecified atom stereocenters. The normalized spacial score (nSPS) is 24.4. The Morgan fingerprint density at radius 3 is 2.32 bits per heavy atom. The largest absolute Gasteiger partial charge is 0.481 e. The van der Waals surface area contributed by atoms with E-state index in [4.69, 9.17) is 5.11 Å². The molecule has 5 heteroatoms. The van der Waals surface area contributed by atoms with Gasteiger partial charge in [-0.1, -0.05) is 30.3 Å². The highest BCUT2D eigenvalue weighted by molar-refractivity contribution is 5.75. The van der Waals surface area contributed by atoms with E-state index in [-0.39, 0.29) is 24.0 Å². The zero-order chi connectivity index (χ0) is 17.8. The average molecular weight is 344 g/mol. The van der Waals surface area contributed by atoms with Gasteiger partial charge in [0.1, 0.15) is 0 Å². The van der Waals surface area contributed by atoms with Crippen molar-refractivity contribution in [1.29, 1.82) is 0 Å². The van der Waals surface area contributed by atoms with Crippen LogP contribution in [0, 0.1) is 11.8 Å². The van der Waals surface area contributed by atoms with E-state index >= 15 is 0 Å². The highest BCUT2D eigenvalue weighted by atomic mass is 16.4. The standard InChI is InChI=1S/C20H28N2O3/c1-14(16-7-8-16)22(13-15-5-3-2-4-6-15)20(25)21-18-11-9-17(10-12-18)19(23)24/h2-6,14,16-18H,7-13H2,1H3,(H,21,25)(H,23,24). The van der Waals surface area contributed by atoms with Gasteiger partial charge in [0.05, 0.1) is 5.92 Å². The van der Waals surface area contributed by atoms with Gasteiger partial charge in [-0.15, -0.1) is 0 Å². The molecule has 0 spiro atoms. The van der Waals surface area contributed by atoms with E-state index in [2.05, 4.69) is 24.4 Å². The van der Waals surface area contributed by atoms with Crippen molar-refractivity contribution >= 4 is 12.0 Å². The molecule has 0 aliphatic heterocycles. The van der Waals surface area contributed by atoms with E-state index in [0.29, 0.717) is 25.3 Å². The smallest absolute Gasteiger partial charge is 0.318 e. The van der Waals surface area contributed by atoms with Crippen LogP contribution < -0.4 is 5.32 Å². The number of carbonyl (C=O) groups excluding carboxylic acids is 1. The van der Waals surface area contributed by atoms with Crippen molar-refractivity contribution in [3.05, 3.63) is 35.9 Å². The van der Waals surface area contributed by atoms with Gasteiger partial charge in [-0.05, 0) is 56.9 Å². The molecular formula is C20H28N2O3. The van der Waals surface area contributed by atoms with E-state index in [1.807, 2.05) is 23.1 Å². The Labute approximate surface area is 149 Å². The fourth-order valence-corrected chi connectivity index (χ4v) is 3.76. The molecule has 2 N–H and O–H groups in total. The number of carboxylic acid groups (broad SMARTS) is 1. The average Bonchev–Trinajstić information content (AvgIpc) is 3.45. The molecule has 3 rings (SSSR count). The number of benzene rings is 1. The van der Waals surface area contributed by atoms with Crippen LogP contribution >= 0.6 is 0 Å². The number of rotatable bonds is 6. The molecule has 0 heterocycles. The number of hydrogen-bond donors (Lipinski definition) is 2. The Morgan fingerprint density at radius 2 is 1.76 bits per heavy atom. The van der Waals surface area contributed by atoms with Gasteiger partial charge in [-0.3, -0.25) is 4.79 Å². The molecule has 1 aromatic rings. The second-order valence-corrected chi connectivity index (χ2v) is 7.53. The SMILES string of the molecule is CC(C1CC1)N(Cc1ccccc1)C(=O)NC1CCC(C(=O)O)CC1. The third kappa shape index (κ3) is 4.74. The van der Waals surface area contributed by atoms with Crippen molar-refractivity contribution in [3.8, 4) is 0 Å². The molecule has 25 heavy (non-hydrogen) atoms. The van der Waals surface area contributed by atoms with Crippen molar-refractivity contribution < 1.29 is 14.7 Å². The molecule has 2 saturated carbocycles. The zero-order valence-corrected chi connectivity index (χ0v) is 14.9. The maximum absolute atomic E-state index is 12.9. The van der Waals surface area contributed by atoms with Crippen molar-refractivity contribution in [2.75, 3.05) is 0 Å². The molecule has 0 saturated heterocycles. The summed E-state index contributed by atoms with van der Waals surface area (Å²) in [6.07, 6.45) is 5.20. The number of hydrogen-bond acceptors (Lipinski definition) is 2. The summed E-state index contributed by atoms with van der Waals surface area (Å²) in [7, 11) is 0. The van der Waals surface area contributed by atoms with Crippen LogP contribution in [0.1, 0.15) is 51.0 Å². The first-order valence-electron chi connectivity index (χ1n) is 9.38. The molecule has 2 aliphatic carbocycles. The lowest BCUT2D eigenvalue weighted by Gasteiger charge is -2.33. The first kappa shape index (κ1) is 17.8. The molecule has 1 aromatic carbocycles. The maximum atomic E-state index is 12.9. The Bertz CT molecular complexity index is 592. The van der Waals surface area contributed by atoms with Gasteiger partial charge in [-0.25, -0.2) is 4.79 Å². The van der Waals surface area contributed by atoms with Gasteiger partial charge >= 0.3 is 12.0 Å². The van der Waals surface area contributed by atoms with Gasteiger partial charge in [0.2, 0.25) is 0 Å². The topological polar surface area (TPSA) is 69.6 Å². The van der Waals surface area contributed by atoms with E-state index in [0.717, 1.165) is 18.4 Å². The number of urea groups is 1. The second kappa shape index (κ2) is 7.89. The molecule has 2 aliphatic rings. The summed E-state index contributed by atoms with van der Waals surface area (Å²) < 4.78 is 0. The lowest BCUT2D eigenvalue weighted by molar-refractivity contribution is -0.142. The van der Waals surface area contributed by atoms with E-state index in [9.17, 15) is 9.59 Å². The molecule has 0 aromatic heterocycles. The third-order valence-electron chi connectivity index (χ3n) is 5.66. The second-order valence-electron chi connectivity index (χ2n) is 7.53. The molecule has 136 valence electrons. The van der Waals surface area contributed by atoms with E-state index in [1.54, 1.807) is 0 Å². The summed E-state index contributed by atoms with van der Waals surface area (Å²) in [6, 6.07) is 10.4. The lowest BCUT2D eigenvalue weighted by atomic mass is 9.86. The van der Waals surface area contributed by atoms with Crippen LogP contribution in [0.4, 0.5) is 4.79 Å². The molecule has 2 amide bonds.